The molecule has 4 rings (SSSR count). The normalized spacial score (nSPS) is 16.5. The number of carboxylic acids is 1. The van der Waals surface area contributed by atoms with Crippen LogP contribution >= 0.6 is 12.4 Å². The molecule has 0 heterocycles. The molecule has 35 heavy (non-hydrogen) atoms. The SMILES string of the molecule is CCOC(=O)[C@@H](N[C@@H](C)C(=O)N(CC(=O)O)C1Cc2ccccc2C1)C1Cc2ccccc2C1.Cl. The molecule has 2 aliphatic rings. The van der Waals surface area contributed by atoms with Gasteiger partial charge in [0.15, 0.2) is 0 Å². The fourth-order valence-electron chi connectivity index (χ4n) is 5.34. The minimum absolute atomic E-state index is 0. The van der Waals surface area contributed by atoms with Crippen molar-refractivity contribution in [2.75, 3.05) is 13.2 Å². The lowest BCUT2D eigenvalue weighted by Gasteiger charge is -2.32. The molecule has 0 unspecified atom stereocenters. The zero-order valence-electron chi connectivity index (χ0n) is 20.1. The van der Waals surface area contributed by atoms with Gasteiger partial charge in [0.2, 0.25) is 5.91 Å². The maximum atomic E-state index is 13.5. The molecular formula is C27H33ClN2O5. The number of aliphatic carboxylic acids is 1. The number of halogens is 1. The highest BCUT2D eigenvalue weighted by Crippen LogP contribution is 2.30. The van der Waals surface area contributed by atoms with Crippen LogP contribution < -0.4 is 5.32 Å². The van der Waals surface area contributed by atoms with Gasteiger partial charge in [-0.3, -0.25) is 19.7 Å². The standard InChI is InChI=1S/C27H32N2O5.ClH/c1-3-34-27(33)25(22-12-18-8-4-5-9-19(18)13-22)28-17(2)26(32)29(16-24(30)31)23-14-20-10-6-7-11-21(20)15-23;/h4-11,17,22-23,25,28H,3,12-16H2,1-2H3,(H,30,31);1H/t17-,25-;/m0./s1. The summed E-state index contributed by atoms with van der Waals surface area (Å²) >= 11 is 0. The van der Waals surface area contributed by atoms with E-state index >= 15 is 0 Å². The molecule has 8 heteroatoms. The molecule has 188 valence electrons. The van der Waals surface area contributed by atoms with Gasteiger partial charge in [0.1, 0.15) is 12.6 Å². The summed E-state index contributed by atoms with van der Waals surface area (Å²) < 4.78 is 5.34. The minimum Gasteiger partial charge on any atom is -0.480 e. The van der Waals surface area contributed by atoms with E-state index in [0.717, 1.165) is 24.0 Å². The van der Waals surface area contributed by atoms with Gasteiger partial charge in [-0.05, 0) is 67.7 Å². The lowest BCUT2D eigenvalue weighted by atomic mass is 9.95. The zero-order chi connectivity index (χ0) is 24.2. The quantitative estimate of drug-likeness (QED) is 0.514. The lowest BCUT2D eigenvalue weighted by Crippen LogP contribution is -2.56. The van der Waals surface area contributed by atoms with Crippen LogP contribution in [-0.2, 0) is 44.8 Å². The number of carbonyl (C=O) groups excluding carboxylic acids is 2. The van der Waals surface area contributed by atoms with Crippen molar-refractivity contribution in [3.63, 3.8) is 0 Å². The van der Waals surface area contributed by atoms with Gasteiger partial charge in [-0.1, -0.05) is 48.5 Å². The number of fused-ring (bicyclic) bond motifs is 2. The molecule has 2 aromatic rings. The number of hydrogen-bond donors (Lipinski definition) is 2. The number of benzene rings is 2. The van der Waals surface area contributed by atoms with E-state index in [2.05, 4.69) is 17.4 Å². The van der Waals surface area contributed by atoms with Crippen molar-refractivity contribution in [3.8, 4) is 0 Å². The highest BCUT2D eigenvalue weighted by Gasteiger charge is 2.38. The molecule has 0 fully saturated rings. The molecule has 2 aromatic carbocycles. The Kier molecular flexibility index (Phi) is 8.92. The predicted octanol–water partition coefficient (Wildman–Crippen LogP) is 2.81. The Labute approximate surface area is 212 Å². The van der Waals surface area contributed by atoms with Crippen LogP contribution in [0.1, 0.15) is 36.1 Å². The summed E-state index contributed by atoms with van der Waals surface area (Å²) in [6.45, 7) is 3.35. The fourth-order valence-corrected chi connectivity index (χ4v) is 5.34. The van der Waals surface area contributed by atoms with E-state index in [1.807, 2.05) is 36.4 Å². The van der Waals surface area contributed by atoms with Gasteiger partial charge >= 0.3 is 11.9 Å². The third-order valence-corrected chi connectivity index (χ3v) is 6.95. The Balaban J connectivity index is 0.00000342. The van der Waals surface area contributed by atoms with Crippen LogP contribution in [0, 0.1) is 5.92 Å². The number of amides is 1. The van der Waals surface area contributed by atoms with Crippen molar-refractivity contribution < 1.29 is 24.2 Å². The van der Waals surface area contributed by atoms with Crippen molar-refractivity contribution in [1.29, 1.82) is 0 Å². The molecule has 0 saturated carbocycles. The molecule has 0 saturated heterocycles. The van der Waals surface area contributed by atoms with Gasteiger partial charge in [0, 0.05) is 6.04 Å². The van der Waals surface area contributed by atoms with Crippen molar-refractivity contribution in [2.24, 2.45) is 5.92 Å². The van der Waals surface area contributed by atoms with Gasteiger partial charge in [-0.2, -0.15) is 0 Å². The summed E-state index contributed by atoms with van der Waals surface area (Å²) in [4.78, 5) is 39.5. The average Bonchev–Trinajstić information content (AvgIpc) is 3.44. The highest BCUT2D eigenvalue weighted by molar-refractivity contribution is 5.86. The van der Waals surface area contributed by atoms with Crippen LogP contribution in [-0.4, -0.2) is 59.1 Å². The lowest BCUT2D eigenvalue weighted by molar-refractivity contribution is -0.150. The maximum absolute atomic E-state index is 13.5. The van der Waals surface area contributed by atoms with Crippen molar-refractivity contribution in [2.45, 2.75) is 57.7 Å². The van der Waals surface area contributed by atoms with E-state index in [1.54, 1.807) is 13.8 Å². The molecule has 2 aliphatic carbocycles. The van der Waals surface area contributed by atoms with Crippen LogP contribution in [0.15, 0.2) is 48.5 Å². The van der Waals surface area contributed by atoms with Crippen LogP contribution in [0.4, 0.5) is 0 Å². The molecular weight excluding hydrogens is 468 g/mol. The van der Waals surface area contributed by atoms with E-state index < -0.39 is 18.1 Å². The summed E-state index contributed by atoms with van der Waals surface area (Å²) in [5.74, 6) is -1.77. The van der Waals surface area contributed by atoms with Crippen molar-refractivity contribution in [3.05, 3.63) is 70.8 Å². The molecule has 7 nitrogen and oxygen atoms in total. The third-order valence-electron chi connectivity index (χ3n) is 6.95. The average molecular weight is 501 g/mol. The van der Waals surface area contributed by atoms with Crippen molar-refractivity contribution >= 4 is 30.3 Å². The number of carbonyl (C=O) groups is 3. The summed E-state index contributed by atoms with van der Waals surface area (Å²) in [6.07, 6.45) is 2.71. The van der Waals surface area contributed by atoms with Gasteiger partial charge in [0.25, 0.3) is 0 Å². The van der Waals surface area contributed by atoms with Crippen LogP contribution in [0.3, 0.4) is 0 Å². The van der Waals surface area contributed by atoms with E-state index in [9.17, 15) is 19.5 Å². The highest BCUT2D eigenvalue weighted by atomic mass is 35.5. The monoisotopic (exact) mass is 500 g/mol. The fraction of sp³-hybridized carbons (Fsp3) is 0.444. The van der Waals surface area contributed by atoms with Gasteiger partial charge in [0.05, 0.1) is 12.6 Å². The first-order valence-electron chi connectivity index (χ1n) is 12.0. The Morgan fingerprint density at radius 3 is 1.91 bits per heavy atom. The summed E-state index contributed by atoms with van der Waals surface area (Å²) in [7, 11) is 0. The zero-order valence-corrected chi connectivity index (χ0v) is 20.9. The number of hydrogen-bond acceptors (Lipinski definition) is 5. The number of nitrogens with one attached hydrogen (secondary N) is 1. The number of ether oxygens (including phenoxy) is 1. The molecule has 0 spiro atoms. The van der Waals surface area contributed by atoms with E-state index in [1.165, 1.54) is 16.0 Å². The first-order chi connectivity index (χ1) is 16.4. The topological polar surface area (TPSA) is 95.9 Å². The van der Waals surface area contributed by atoms with Crippen LogP contribution in [0.25, 0.3) is 0 Å². The molecule has 0 bridgehead atoms. The van der Waals surface area contributed by atoms with Crippen molar-refractivity contribution in [1.82, 2.24) is 10.2 Å². The van der Waals surface area contributed by atoms with Gasteiger partial charge in [-0.25, -0.2) is 0 Å². The number of esters is 1. The van der Waals surface area contributed by atoms with E-state index in [0.29, 0.717) is 12.8 Å². The summed E-state index contributed by atoms with van der Waals surface area (Å²) in [5, 5.41) is 12.7. The molecule has 0 aromatic heterocycles. The predicted molar refractivity (Wildman–Crippen MR) is 135 cm³/mol. The number of rotatable bonds is 9. The van der Waals surface area contributed by atoms with Crippen LogP contribution in [0.2, 0.25) is 0 Å². The summed E-state index contributed by atoms with van der Waals surface area (Å²) in [5.41, 5.74) is 4.70. The Bertz CT molecular complexity index is 1030. The second kappa shape index (κ2) is 11.7. The maximum Gasteiger partial charge on any atom is 0.323 e. The van der Waals surface area contributed by atoms with Gasteiger partial charge in [-0.15, -0.1) is 12.4 Å². The van der Waals surface area contributed by atoms with Crippen LogP contribution in [0.5, 0.6) is 0 Å². The Hall–Kier alpha value is -2.90. The smallest absolute Gasteiger partial charge is 0.323 e. The molecule has 0 radical (unpaired) electrons. The second-order valence-electron chi connectivity index (χ2n) is 9.25. The molecule has 0 aliphatic heterocycles. The van der Waals surface area contributed by atoms with Gasteiger partial charge < -0.3 is 14.7 Å². The Morgan fingerprint density at radius 2 is 1.46 bits per heavy atom. The summed E-state index contributed by atoms with van der Waals surface area (Å²) in [6, 6.07) is 14.5. The number of carboxylic acid groups (broad SMARTS) is 1. The number of nitrogens with zero attached hydrogens (tertiary/aromatic N) is 1. The largest absolute Gasteiger partial charge is 0.480 e. The van der Waals surface area contributed by atoms with E-state index in [4.69, 9.17) is 4.74 Å². The Morgan fingerprint density at radius 1 is 0.971 bits per heavy atom. The third kappa shape index (κ3) is 6.03. The molecule has 2 N–H and O–H groups in total. The second-order valence-corrected chi connectivity index (χ2v) is 9.25. The molecule has 2 atom stereocenters. The molecule has 1 amide bonds. The minimum atomic E-state index is -1.05. The van der Waals surface area contributed by atoms with E-state index in [-0.39, 0.29) is 49.4 Å². The first kappa shape index (κ1) is 26.7. The first-order valence-corrected chi connectivity index (χ1v) is 12.0.